The molecule has 2 N–H and O–H groups in total. The van der Waals surface area contributed by atoms with Crippen LogP contribution in [0.4, 0.5) is 5.82 Å². The van der Waals surface area contributed by atoms with Gasteiger partial charge < -0.3 is 15.0 Å². The predicted molar refractivity (Wildman–Crippen MR) is 68.8 cm³/mol. The van der Waals surface area contributed by atoms with Gasteiger partial charge in [-0.3, -0.25) is 0 Å². The van der Waals surface area contributed by atoms with E-state index in [0.717, 1.165) is 11.4 Å². The molecule has 0 aliphatic rings. The van der Waals surface area contributed by atoms with E-state index in [1.807, 2.05) is 4.57 Å². The number of ether oxygens (including phenoxy) is 1. The molecule has 0 unspecified atom stereocenters. The highest BCUT2D eigenvalue weighted by Gasteiger charge is 2.12. The molecular weight excluding hydrogens is 230 g/mol. The first kappa shape index (κ1) is 12.5. The van der Waals surface area contributed by atoms with Crippen LogP contribution in [0.5, 0.6) is 0 Å². The van der Waals surface area contributed by atoms with E-state index in [-0.39, 0.29) is 0 Å². The van der Waals surface area contributed by atoms with Crippen LogP contribution < -0.4 is 5.73 Å². The average Bonchev–Trinajstić information content (AvgIpc) is 2.77. The van der Waals surface area contributed by atoms with E-state index in [2.05, 4.69) is 28.8 Å². The second-order valence-corrected chi connectivity index (χ2v) is 4.32. The second kappa shape index (κ2) is 5.14. The summed E-state index contributed by atoms with van der Waals surface area (Å²) in [6.45, 7) is 4.57. The monoisotopic (exact) mass is 247 g/mol. The van der Waals surface area contributed by atoms with Crippen molar-refractivity contribution in [2.45, 2.75) is 26.5 Å². The largest absolute Gasteiger partial charge is 0.384 e. The van der Waals surface area contributed by atoms with E-state index in [9.17, 15) is 0 Å². The van der Waals surface area contributed by atoms with Crippen LogP contribution in [-0.4, -0.2) is 26.6 Å². The third-order valence-electron chi connectivity index (χ3n) is 2.54. The van der Waals surface area contributed by atoms with E-state index in [1.54, 1.807) is 25.7 Å². The van der Waals surface area contributed by atoms with Crippen LogP contribution in [-0.2, 0) is 11.3 Å². The Labute approximate surface area is 106 Å². The first-order chi connectivity index (χ1) is 8.61. The Balaban J connectivity index is 2.46. The van der Waals surface area contributed by atoms with Gasteiger partial charge in [-0.25, -0.2) is 15.0 Å². The van der Waals surface area contributed by atoms with Gasteiger partial charge in [-0.2, -0.15) is 0 Å². The summed E-state index contributed by atoms with van der Waals surface area (Å²) in [7, 11) is 1.62. The molecule has 96 valence electrons. The average molecular weight is 247 g/mol. The quantitative estimate of drug-likeness (QED) is 0.888. The standard InChI is InChI=1S/C12H17N5O/c1-8(2)17-7-14-5-10(17)12-15-9(6-18-3)4-11(13)16-12/h4-5,7-8H,6H2,1-3H3,(H2,13,15,16). The number of hydrogen-bond acceptors (Lipinski definition) is 5. The van der Waals surface area contributed by atoms with Crippen molar-refractivity contribution in [3.8, 4) is 11.5 Å². The SMILES string of the molecule is COCc1cc(N)nc(-c2cncn2C(C)C)n1. The van der Waals surface area contributed by atoms with Crippen molar-refractivity contribution in [3.63, 3.8) is 0 Å². The molecule has 0 aliphatic carbocycles. The van der Waals surface area contributed by atoms with E-state index in [4.69, 9.17) is 10.5 Å². The highest BCUT2D eigenvalue weighted by molar-refractivity contribution is 5.52. The van der Waals surface area contributed by atoms with Gasteiger partial charge in [-0.05, 0) is 13.8 Å². The van der Waals surface area contributed by atoms with Crippen LogP contribution in [0.25, 0.3) is 11.5 Å². The van der Waals surface area contributed by atoms with Gasteiger partial charge in [-0.1, -0.05) is 0 Å². The molecule has 6 nitrogen and oxygen atoms in total. The Morgan fingerprint density at radius 1 is 1.39 bits per heavy atom. The molecule has 6 heteroatoms. The van der Waals surface area contributed by atoms with Crippen LogP contribution in [0.15, 0.2) is 18.6 Å². The number of nitrogen functional groups attached to an aromatic ring is 1. The molecule has 0 aromatic carbocycles. The Bertz CT molecular complexity index is 535. The molecule has 2 aromatic heterocycles. The lowest BCUT2D eigenvalue weighted by molar-refractivity contribution is 0.181. The number of rotatable bonds is 4. The normalized spacial score (nSPS) is 11.1. The molecule has 2 rings (SSSR count). The molecule has 2 aromatic rings. The molecule has 0 radical (unpaired) electrons. The van der Waals surface area contributed by atoms with E-state index in [1.165, 1.54) is 0 Å². The summed E-state index contributed by atoms with van der Waals surface area (Å²) in [6.07, 6.45) is 3.51. The zero-order chi connectivity index (χ0) is 13.1. The third-order valence-corrected chi connectivity index (χ3v) is 2.54. The Morgan fingerprint density at radius 3 is 2.83 bits per heavy atom. The van der Waals surface area contributed by atoms with Gasteiger partial charge in [0.05, 0.1) is 24.8 Å². The van der Waals surface area contributed by atoms with E-state index >= 15 is 0 Å². The van der Waals surface area contributed by atoms with Crippen molar-refractivity contribution in [2.75, 3.05) is 12.8 Å². The van der Waals surface area contributed by atoms with Crippen molar-refractivity contribution in [1.82, 2.24) is 19.5 Å². The Kier molecular flexibility index (Phi) is 3.57. The maximum Gasteiger partial charge on any atom is 0.180 e. The highest BCUT2D eigenvalue weighted by atomic mass is 16.5. The Hall–Kier alpha value is -1.95. The summed E-state index contributed by atoms with van der Waals surface area (Å²) in [6, 6.07) is 2.00. The predicted octanol–water partition coefficient (Wildman–Crippen LogP) is 1.65. The van der Waals surface area contributed by atoms with Crippen molar-refractivity contribution < 1.29 is 4.74 Å². The molecular formula is C12H17N5O. The van der Waals surface area contributed by atoms with Gasteiger partial charge in [0.25, 0.3) is 0 Å². The molecule has 2 heterocycles. The maximum atomic E-state index is 5.79. The number of nitrogens with two attached hydrogens (primary N) is 1. The minimum absolute atomic E-state index is 0.290. The van der Waals surface area contributed by atoms with Gasteiger partial charge in [0.1, 0.15) is 11.5 Å². The van der Waals surface area contributed by atoms with Crippen LogP contribution >= 0.6 is 0 Å². The zero-order valence-corrected chi connectivity index (χ0v) is 10.8. The maximum absolute atomic E-state index is 5.79. The molecule has 0 spiro atoms. The minimum atomic E-state index is 0.290. The number of methoxy groups -OCH3 is 1. The lowest BCUT2D eigenvalue weighted by Gasteiger charge is -2.11. The van der Waals surface area contributed by atoms with E-state index < -0.39 is 0 Å². The highest BCUT2D eigenvalue weighted by Crippen LogP contribution is 2.20. The first-order valence-electron chi connectivity index (χ1n) is 5.76. The van der Waals surface area contributed by atoms with E-state index in [0.29, 0.717) is 24.3 Å². The van der Waals surface area contributed by atoms with Crippen molar-refractivity contribution in [3.05, 3.63) is 24.3 Å². The second-order valence-electron chi connectivity index (χ2n) is 4.32. The van der Waals surface area contributed by atoms with Gasteiger partial charge in [0.15, 0.2) is 5.82 Å². The fourth-order valence-corrected chi connectivity index (χ4v) is 1.74. The van der Waals surface area contributed by atoms with Crippen LogP contribution in [0.3, 0.4) is 0 Å². The van der Waals surface area contributed by atoms with Gasteiger partial charge in [-0.15, -0.1) is 0 Å². The molecule has 0 aliphatic heterocycles. The number of aromatic nitrogens is 4. The fourth-order valence-electron chi connectivity index (χ4n) is 1.74. The first-order valence-corrected chi connectivity index (χ1v) is 5.76. The molecule has 0 atom stereocenters. The summed E-state index contributed by atoms with van der Waals surface area (Å²) in [5, 5.41) is 0. The summed E-state index contributed by atoms with van der Waals surface area (Å²) < 4.78 is 7.07. The lowest BCUT2D eigenvalue weighted by atomic mass is 10.3. The summed E-state index contributed by atoms with van der Waals surface area (Å²) in [5.41, 5.74) is 7.40. The van der Waals surface area contributed by atoms with Crippen molar-refractivity contribution in [1.29, 1.82) is 0 Å². The zero-order valence-electron chi connectivity index (χ0n) is 10.8. The van der Waals surface area contributed by atoms with Gasteiger partial charge in [0, 0.05) is 19.2 Å². The van der Waals surface area contributed by atoms with Gasteiger partial charge in [0.2, 0.25) is 0 Å². The topological polar surface area (TPSA) is 78.9 Å². The number of anilines is 1. The van der Waals surface area contributed by atoms with Gasteiger partial charge >= 0.3 is 0 Å². The third kappa shape index (κ3) is 2.48. The van der Waals surface area contributed by atoms with Crippen LogP contribution in [0, 0.1) is 0 Å². The van der Waals surface area contributed by atoms with Crippen LogP contribution in [0.2, 0.25) is 0 Å². The molecule has 0 amide bonds. The number of imidazole rings is 1. The number of hydrogen-bond donors (Lipinski definition) is 1. The fraction of sp³-hybridized carbons (Fsp3) is 0.417. The minimum Gasteiger partial charge on any atom is -0.384 e. The lowest BCUT2D eigenvalue weighted by Crippen LogP contribution is -2.06. The Morgan fingerprint density at radius 2 is 2.17 bits per heavy atom. The number of nitrogens with zero attached hydrogens (tertiary/aromatic N) is 4. The molecule has 0 bridgehead atoms. The molecule has 18 heavy (non-hydrogen) atoms. The summed E-state index contributed by atoms with van der Waals surface area (Å²) >= 11 is 0. The van der Waals surface area contributed by atoms with Crippen molar-refractivity contribution in [2.24, 2.45) is 0 Å². The van der Waals surface area contributed by atoms with Crippen LogP contribution in [0.1, 0.15) is 25.6 Å². The molecule has 0 saturated carbocycles. The summed E-state index contributed by atoms with van der Waals surface area (Å²) in [4.78, 5) is 12.8. The van der Waals surface area contributed by atoms with Crippen molar-refractivity contribution >= 4 is 5.82 Å². The molecule has 0 saturated heterocycles. The molecule has 0 fully saturated rings. The summed E-state index contributed by atoms with van der Waals surface area (Å²) in [5.74, 6) is 1.01. The smallest absolute Gasteiger partial charge is 0.180 e.